The summed E-state index contributed by atoms with van der Waals surface area (Å²) in [7, 11) is 0. The first kappa shape index (κ1) is 16.9. The molecule has 2 aromatic carbocycles. The minimum atomic E-state index is -0.452. The van der Waals surface area contributed by atoms with Crippen molar-refractivity contribution in [1.29, 1.82) is 0 Å². The molecule has 1 heterocycles. The number of phenols is 2. The van der Waals surface area contributed by atoms with E-state index in [9.17, 15) is 15.0 Å². The third kappa shape index (κ3) is 3.44. The molecule has 3 N–H and O–H groups in total. The third-order valence-electron chi connectivity index (χ3n) is 3.78. The second-order valence-corrected chi connectivity index (χ2v) is 5.57. The second kappa shape index (κ2) is 7.27. The van der Waals surface area contributed by atoms with Crippen LogP contribution in [0.3, 0.4) is 0 Å². The Morgan fingerprint density at radius 1 is 1.04 bits per heavy atom. The predicted molar refractivity (Wildman–Crippen MR) is 93.1 cm³/mol. The highest BCUT2D eigenvalue weighted by atomic mass is 16.5. The molecule has 0 aliphatic carbocycles. The highest BCUT2D eigenvalue weighted by molar-refractivity contribution is 5.89. The van der Waals surface area contributed by atoms with Gasteiger partial charge >= 0.3 is 0 Å². The summed E-state index contributed by atoms with van der Waals surface area (Å²) in [5.74, 6) is -0.589. The first-order chi connectivity index (χ1) is 12.1. The van der Waals surface area contributed by atoms with E-state index < -0.39 is 11.2 Å². The maximum Gasteiger partial charge on any atom is 0.204 e. The van der Waals surface area contributed by atoms with Crippen LogP contribution in [0, 0.1) is 0 Å². The number of aromatic hydroxyl groups is 2. The zero-order valence-corrected chi connectivity index (χ0v) is 13.4. The Kier molecular flexibility index (Phi) is 4.90. The fraction of sp³-hybridized carbons (Fsp3) is 0.211. The summed E-state index contributed by atoms with van der Waals surface area (Å²) in [5.41, 5.74) is 0.353. The SMILES string of the molecule is O=c1cc(-c2ccccc2)oc2cc(O)c(OCCCCO)c(O)c12. The van der Waals surface area contributed by atoms with Crippen LogP contribution in [0.1, 0.15) is 12.8 Å². The number of unbranched alkanes of at least 4 members (excludes halogenated alkanes) is 1. The molecule has 3 aromatic rings. The quantitative estimate of drug-likeness (QED) is 0.595. The van der Waals surface area contributed by atoms with Gasteiger partial charge in [-0.3, -0.25) is 4.79 Å². The van der Waals surface area contributed by atoms with Crippen LogP contribution >= 0.6 is 0 Å². The number of rotatable bonds is 6. The van der Waals surface area contributed by atoms with Crippen molar-refractivity contribution >= 4 is 11.0 Å². The predicted octanol–water partition coefficient (Wildman–Crippen LogP) is 3.02. The summed E-state index contributed by atoms with van der Waals surface area (Å²) >= 11 is 0. The zero-order chi connectivity index (χ0) is 17.8. The first-order valence-electron chi connectivity index (χ1n) is 7.93. The van der Waals surface area contributed by atoms with Crippen LogP contribution in [0.2, 0.25) is 0 Å². The molecule has 6 nitrogen and oxygen atoms in total. The van der Waals surface area contributed by atoms with Gasteiger partial charge in [0.15, 0.2) is 16.9 Å². The van der Waals surface area contributed by atoms with Crippen molar-refractivity contribution in [1.82, 2.24) is 0 Å². The third-order valence-corrected chi connectivity index (χ3v) is 3.78. The average Bonchev–Trinajstić information content (AvgIpc) is 2.61. The number of aliphatic hydroxyl groups is 1. The molecule has 0 atom stereocenters. The van der Waals surface area contributed by atoms with Gasteiger partial charge in [0.25, 0.3) is 0 Å². The average molecular weight is 342 g/mol. The van der Waals surface area contributed by atoms with Gasteiger partial charge in [-0.15, -0.1) is 0 Å². The van der Waals surface area contributed by atoms with E-state index >= 15 is 0 Å². The molecular formula is C19H18O6. The number of hydrogen-bond donors (Lipinski definition) is 3. The van der Waals surface area contributed by atoms with Crippen LogP contribution < -0.4 is 10.2 Å². The lowest BCUT2D eigenvalue weighted by atomic mass is 10.1. The molecular weight excluding hydrogens is 324 g/mol. The summed E-state index contributed by atoms with van der Waals surface area (Å²) in [6, 6.07) is 11.6. The maximum atomic E-state index is 12.4. The Labute approximate surface area is 143 Å². The van der Waals surface area contributed by atoms with Crippen LogP contribution in [0.4, 0.5) is 0 Å². The molecule has 0 spiro atoms. The highest BCUT2D eigenvalue weighted by Crippen LogP contribution is 2.41. The Hall–Kier alpha value is -2.99. The number of phenolic OH excluding ortho intramolecular Hbond substituents is 2. The van der Waals surface area contributed by atoms with Gasteiger partial charge in [-0.25, -0.2) is 0 Å². The standard InChI is InChI=1S/C19H18O6/c20-8-4-5-9-24-19-14(22)11-16-17(18(19)23)13(21)10-15(25-16)12-6-2-1-3-7-12/h1-3,6-7,10-11,20,22-23H,4-5,8-9H2. The lowest BCUT2D eigenvalue weighted by molar-refractivity contribution is 0.243. The number of hydrogen-bond acceptors (Lipinski definition) is 6. The van der Waals surface area contributed by atoms with Crippen molar-refractivity contribution in [2.24, 2.45) is 0 Å². The second-order valence-electron chi connectivity index (χ2n) is 5.57. The number of ether oxygens (including phenoxy) is 1. The van der Waals surface area contributed by atoms with Gasteiger partial charge in [0.2, 0.25) is 5.75 Å². The fourth-order valence-corrected chi connectivity index (χ4v) is 2.55. The molecule has 0 aliphatic rings. The highest BCUT2D eigenvalue weighted by Gasteiger charge is 2.19. The first-order valence-corrected chi connectivity index (χ1v) is 7.93. The molecule has 130 valence electrons. The topological polar surface area (TPSA) is 100 Å². The van der Waals surface area contributed by atoms with Crippen LogP contribution in [-0.4, -0.2) is 28.5 Å². The summed E-state index contributed by atoms with van der Waals surface area (Å²) in [6.45, 7) is 0.228. The van der Waals surface area contributed by atoms with Crippen molar-refractivity contribution < 1.29 is 24.5 Å². The monoisotopic (exact) mass is 342 g/mol. The van der Waals surface area contributed by atoms with E-state index in [1.165, 1.54) is 12.1 Å². The molecule has 6 heteroatoms. The summed E-state index contributed by atoms with van der Waals surface area (Å²) in [5, 5.41) is 29.2. The molecule has 25 heavy (non-hydrogen) atoms. The van der Waals surface area contributed by atoms with Crippen molar-refractivity contribution in [3.05, 3.63) is 52.7 Å². The van der Waals surface area contributed by atoms with Gasteiger partial charge in [0, 0.05) is 24.3 Å². The van der Waals surface area contributed by atoms with Crippen molar-refractivity contribution in [3.8, 4) is 28.6 Å². The molecule has 0 saturated carbocycles. The minimum absolute atomic E-state index is 0.0326. The van der Waals surface area contributed by atoms with E-state index in [4.69, 9.17) is 14.3 Å². The smallest absolute Gasteiger partial charge is 0.204 e. The Balaban J connectivity index is 2.05. The van der Waals surface area contributed by atoms with Crippen LogP contribution in [-0.2, 0) is 0 Å². The molecule has 0 aliphatic heterocycles. The Bertz CT molecular complexity index is 930. The molecule has 0 amide bonds. The summed E-state index contributed by atoms with van der Waals surface area (Å²) in [4.78, 5) is 12.4. The normalized spacial score (nSPS) is 10.9. The van der Waals surface area contributed by atoms with Crippen molar-refractivity contribution in [3.63, 3.8) is 0 Å². The van der Waals surface area contributed by atoms with E-state index in [1.807, 2.05) is 18.2 Å². The van der Waals surface area contributed by atoms with Gasteiger partial charge in [0.1, 0.15) is 16.7 Å². The van der Waals surface area contributed by atoms with E-state index in [2.05, 4.69) is 0 Å². The van der Waals surface area contributed by atoms with Gasteiger partial charge < -0.3 is 24.5 Å². The van der Waals surface area contributed by atoms with Crippen molar-refractivity contribution in [2.75, 3.05) is 13.2 Å². The van der Waals surface area contributed by atoms with E-state index in [1.54, 1.807) is 12.1 Å². The number of benzene rings is 2. The molecule has 0 fully saturated rings. The number of fused-ring (bicyclic) bond motifs is 1. The zero-order valence-electron chi connectivity index (χ0n) is 13.4. The molecule has 1 aromatic heterocycles. The largest absolute Gasteiger partial charge is 0.504 e. The van der Waals surface area contributed by atoms with Crippen LogP contribution in [0.15, 0.2) is 51.7 Å². The van der Waals surface area contributed by atoms with Crippen LogP contribution in [0.25, 0.3) is 22.3 Å². The summed E-state index contributed by atoms with van der Waals surface area (Å²) < 4.78 is 11.0. The number of aliphatic hydroxyl groups excluding tert-OH is 1. The minimum Gasteiger partial charge on any atom is -0.504 e. The van der Waals surface area contributed by atoms with E-state index in [0.29, 0.717) is 24.2 Å². The maximum absolute atomic E-state index is 12.4. The Morgan fingerprint density at radius 2 is 1.80 bits per heavy atom. The van der Waals surface area contributed by atoms with E-state index in [-0.39, 0.29) is 35.7 Å². The molecule has 3 rings (SSSR count). The van der Waals surface area contributed by atoms with E-state index in [0.717, 1.165) is 0 Å². The van der Waals surface area contributed by atoms with Crippen molar-refractivity contribution in [2.45, 2.75) is 12.8 Å². The summed E-state index contributed by atoms with van der Waals surface area (Å²) in [6.07, 6.45) is 1.09. The van der Waals surface area contributed by atoms with Crippen LogP contribution in [0.5, 0.6) is 17.2 Å². The van der Waals surface area contributed by atoms with Gasteiger partial charge in [0.05, 0.1) is 6.61 Å². The lowest BCUT2D eigenvalue weighted by Crippen LogP contribution is -2.04. The lowest BCUT2D eigenvalue weighted by Gasteiger charge is -2.12. The van der Waals surface area contributed by atoms with Gasteiger partial charge in [-0.05, 0) is 12.8 Å². The molecule has 0 unspecified atom stereocenters. The molecule has 0 radical (unpaired) electrons. The van der Waals surface area contributed by atoms with Gasteiger partial charge in [-0.2, -0.15) is 0 Å². The Morgan fingerprint density at radius 3 is 2.52 bits per heavy atom. The van der Waals surface area contributed by atoms with Gasteiger partial charge in [-0.1, -0.05) is 30.3 Å². The molecule has 0 saturated heterocycles. The fourth-order valence-electron chi connectivity index (χ4n) is 2.55. The molecule has 0 bridgehead atoms.